The van der Waals surface area contributed by atoms with Gasteiger partial charge in [-0.05, 0) is 12.8 Å². The fourth-order valence-corrected chi connectivity index (χ4v) is 2.96. The number of aliphatic hydroxyl groups is 1. The van der Waals surface area contributed by atoms with Crippen LogP contribution in [0.5, 0.6) is 0 Å². The summed E-state index contributed by atoms with van der Waals surface area (Å²) in [4.78, 5) is 27.3. The van der Waals surface area contributed by atoms with Gasteiger partial charge in [-0.2, -0.15) is 0 Å². The minimum Gasteiger partial charge on any atom is -0.391 e. The Balaban J connectivity index is 1.93. The second-order valence-corrected chi connectivity index (χ2v) is 4.59. The first-order valence-electron chi connectivity index (χ1n) is 5.47. The number of hydrogen-bond donors (Lipinski definition) is 1. The number of amides is 2. The summed E-state index contributed by atoms with van der Waals surface area (Å²) in [5, 5.41) is 9.49. The summed E-state index contributed by atoms with van der Waals surface area (Å²) in [6.45, 7) is 1.04. The predicted octanol–water partition coefficient (Wildman–Crippen LogP) is -1.05. The monoisotopic (exact) mass is 210 g/mol. The van der Waals surface area contributed by atoms with Crippen molar-refractivity contribution in [3.05, 3.63) is 0 Å². The van der Waals surface area contributed by atoms with Crippen molar-refractivity contribution in [3.8, 4) is 0 Å². The van der Waals surface area contributed by atoms with Gasteiger partial charge in [-0.15, -0.1) is 0 Å². The molecule has 3 heterocycles. The standard InChI is InChI=1S/C10H14N2O3/c13-6-4-8-10(15)11-3-1-2-7(11)9(14)12(8)5-6/h6-8,13H,1-5H2/t6-,7-,8+/m1/s1. The minimum atomic E-state index is -0.525. The van der Waals surface area contributed by atoms with E-state index in [2.05, 4.69) is 0 Å². The van der Waals surface area contributed by atoms with Crippen LogP contribution in [0, 0.1) is 0 Å². The van der Waals surface area contributed by atoms with Gasteiger partial charge in [0.1, 0.15) is 12.1 Å². The SMILES string of the molecule is O=C1[C@@H]2C[C@@H](O)CN2C(=O)[C@H]2CCCN12. The van der Waals surface area contributed by atoms with Crippen molar-refractivity contribution in [2.24, 2.45) is 0 Å². The van der Waals surface area contributed by atoms with Crippen molar-refractivity contribution in [1.82, 2.24) is 9.80 Å². The molecule has 0 radical (unpaired) electrons. The van der Waals surface area contributed by atoms with Crippen LogP contribution in [0.3, 0.4) is 0 Å². The zero-order chi connectivity index (χ0) is 10.6. The Morgan fingerprint density at radius 1 is 1.13 bits per heavy atom. The number of piperazine rings is 1. The van der Waals surface area contributed by atoms with Gasteiger partial charge in [0.25, 0.3) is 0 Å². The van der Waals surface area contributed by atoms with Crippen molar-refractivity contribution >= 4 is 11.8 Å². The quantitative estimate of drug-likeness (QED) is 0.555. The predicted molar refractivity (Wildman–Crippen MR) is 50.9 cm³/mol. The number of nitrogens with zero attached hydrogens (tertiary/aromatic N) is 2. The summed E-state index contributed by atoms with van der Waals surface area (Å²) in [5.74, 6) is 0.0716. The number of aliphatic hydroxyl groups excluding tert-OH is 1. The maximum atomic E-state index is 12.0. The lowest BCUT2D eigenvalue weighted by Crippen LogP contribution is -2.60. The molecule has 1 N–H and O–H groups in total. The highest BCUT2D eigenvalue weighted by atomic mass is 16.3. The third-order valence-corrected chi connectivity index (χ3v) is 3.67. The van der Waals surface area contributed by atoms with Crippen molar-refractivity contribution in [2.75, 3.05) is 13.1 Å². The summed E-state index contributed by atoms with van der Waals surface area (Å²) >= 11 is 0. The van der Waals surface area contributed by atoms with Crippen molar-refractivity contribution in [1.29, 1.82) is 0 Å². The van der Waals surface area contributed by atoms with Crippen LogP contribution < -0.4 is 0 Å². The second-order valence-electron chi connectivity index (χ2n) is 4.59. The van der Waals surface area contributed by atoms with E-state index in [-0.39, 0.29) is 23.9 Å². The van der Waals surface area contributed by atoms with E-state index in [0.717, 1.165) is 12.8 Å². The summed E-state index contributed by atoms with van der Waals surface area (Å²) in [6, 6.07) is -0.624. The average molecular weight is 210 g/mol. The van der Waals surface area contributed by atoms with Gasteiger partial charge in [0, 0.05) is 19.5 Å². The molecule has 3 aliphatic heterocycles. The zero-order valence-corrected chi connectivity index (χ0v) is 8.43. The molecule has 0 bridgehead atoms. The number of fused-ring (bicyclic) bond motifs is 2. The van der Waals surface area contributed by atoms with Crippen molar-refractivity contribution < 1.29 is 14.7 Å². The Labute approximate surface area is 87.6 Å². The van der Waals surface area contributed by atoms with E-state index in [1.807, 2.05) is 0 Å². The molecule has 3 aliphatic rings. The van der Waals surface area contributed by atoms with Gasteiger partial charge in [-0.25, -0.2) is 0 Å². The molecule has 0 aromatic heterocycles. The Morgan fingerprint density at radius 3 is 2.67 bits per heavy atom. The van der Waals surface area contributed by atoms with Gasteiger partial charge in [-0.1, -0.05) is 0 Å². The molecule has 0 aromatic rings. The van der Waals surface area contributed by atoms with Gasteiger partial charge < -0.3 is 14.9 Å². The van der Waals surface area contributed by atoms with Gasteiger partial charge in [0.05, 0.1) is 6.10 Å². The molecule has 0 aliphatic carbocycles. The van der Waals surface area contributed by atoms with Crippen LogP contribution in [-0.4, -0.2) is 58.0 Å². The van der Waals surface area contributed by atoms with Crippen LogP contribution in [0.15, 0.2) is 0 Å². The van der Waals surface area contributed by atoms with Gasteiger partial charge in [0.2, 0.25) is 11.8 Å². The first-order chi connectivity index (χ1) is 7.18. The van der Waals surface area contributed by atoms with E-state index >= 15 is 0 Å². The molecule has 0 spiro atoms. The van der Waals surface area contributed by atoms with Crippen LogP contribution in [0.25, 0.3) is 0 Å². The highest BCUT2D eigenvalue weighted by Gasteiger charge is 2.51. The molecule has 15 heavy (non-hydrogen) atoms. The van der Waals surface area contributed by atoms with Gasteiger partial charge in [-0.3, -0.25) is 9.59 Å². The lowest BCUT2D eigenvalue weighted by Gasteiger charge is -2.38. The van der Waals surface area contributed by atoms with Gasteiger partial charge in [0.15, 0.2) is 0 Å². The van der Waals surface area contributed by atoms with E-state index in [1.54, 1.807) is 9.80 Å². The smallest absolute Gasteiger partial charge is 0.246 e. The number of carbonyl (C=O) groups excluding carboxylic acids is 2. The highest BCUT2D eigenvalue weighted by Crippen LogP contribution is 2.31. The lowest BCUT2D eigenvalue weighted by atomic mass is 10.1. The summed E-state index contributed by atoms with van der Waals surface area (Å²) in [5.41, 5.74) is 0. The molecule has 0 unspecified atom stereocenters. The molecule has 3 saturated heterocycles. The highest BCUT2D eigenvalue weighted by molar-refractivity contribution is 5.98. The van der Waals surface area contributed by atoms with Gasteiger partial charge >= 0.3 is 0 Å². The van der Waals surface area contributed by atoms with Crippen LogP contribution >= 0.6 is 0 Å². The lowest BCUT2D eigenvalue weighted by molar-refractivity contribution is -0.156. The molecular weight excluding hydrogens is 196 g/mol. The maximum absolute atomic E-state index is 12.0. The van der Waals surface area contributed by atoms with E-state index in [4.69, 9.17) is 0 Å². The van der Waals surface area contributed by atoms with E-state index in [9.17, 15) is 14.7 Å². The Hall–Kier alpha value is -1.10. The van der Waals surface area contributed by atoms with Crippen LogP contribution in [0.1, 0.15) is 19.3 Å². The molecule has 0 saturated carbocycles. The minimum absolute atomic E-state index is 0.0358. The van der Waals surface area contributed by atoms with Crippen LogP contribution in [0.4, 0.5) is 0 Å². The zero-order valence-electron chi connectivity index (χ0n) is 8.43. The molecule has 2 amide bonds. The third-order valence-electron chi connectivity index (χ3n) is 3.67. The van der Waals surface area contributed by atoms with Crippen molar-refractivity contribution in [2.45, 2.75) is 37.5 Å². The molecular formula is C10H14N2O3. The summed E-state index contributed by atoms with van der Waals surface area (Å²) < 4.78 is 0. The molecule has 82 valence electrons. The first-order valence-corrected chi connectivity index (χ1v) is 5.47. The molecule has 3 rings (SSSR count). The van der Waals surface area contributed by atoms with Crippen LogP contribution in [-0.2, 0) is 9.59 Å². The summed E-state index contributed by atoms with van der Waals surface area (Å²) in [6.07, 6.45) is 1.59. The second kappa shape index (κ2) is 2.95. The fraction of sp³-hybridized carbons (Fsp3) is 0.800. The average Bonchev–Trinajstić information content (AvgIpc) is 2.79. The Bertz CT molecular complexity index is 301. The molecule has 0 aromatic carbocycles. The Kier molecular flexibility index (Phi) is 1.80. The van der Waals surface area contributed by atoms with Crippen molar-refractivity contribution in [3.63, 3.8) is 0 Å². The topological polar surface area (TPSA) is 60.9 Å². The normalized spacial score (nSPS) is 39.7. The molecule has 3 fully saturated rings. The van der Waals surface area contributed by atoms with Crippen LogP contribution in [0.2, 0.25) is 0 Å². The largest absolute Gasteiger partial charge is 0.391 e. The molecule has 5 heteroatoms. The number of hydrogen-bond acceptors (Lipinski definition) is 3. The fourth-order valence-electron chi connectivity index (χ4n) is 2.96. The van der Waals surface area contributed by atoms with E-state index in [1.165, 1.54) is 0 Å². The van der Waals surface area contributed by atoms with E-state index < -0.39 is 6.10 Å². The number of carbonyl (C=O) groups is 2. The Morgan fingerprint density at radius 2 is 1.87 bits per heavy atom. The third kappa shape index (κ3) is 1.13. The first kappa shape index (κ1) is 9.15. The van der Waals surface area contributed by atoms with E-state index in [0.29, 0.717) is 19.5 Å². The number of rotatable bonds is 0. The summed E-state index contributed by atoms with van der Waals surface area (Å²) in [7, 11) is 0. The molecule has 3 atom stereocenters. The molecule has 5 nitrogen and oxygen atoms in total. The maximum Gasteiger partial charge on any atom is 0.246 e.